The predicted molar refractivity (Wildman–Crippen MR) is 239 cm³/mol. The highest BCUT2D eigenvalue weighted by Crippen LogP contribution is 2.54. The van der Waals surface area contributed by atoms with Gasteiger partial charge < -0.3 is 0 Å². The Morgan fingerprint density at radius 2 is 0.877 bits per heavy atom. The second-order valence-corrected chi connectivity index (χ2v) is 15.7. The molecule has 0 spiro atoms. The maximum Gasteiger partial charge on any atom is 0.160 e. The molecule has 9 aromatic carbocycles. The molecule has 1 heterocycles. The summed E-state index contributed by atoms with van der Waals surface area (Å²) in [5.41, 5.74) is 15.1. The zero-order valence-corrected chi connectivity index (χ0v) is 31.9. The van der Waals surface area contributed by atoms with Crippen LogP contribution in [0.4, 0.5) is 0 Å². The highest BCUT2D eigenvalue weighted by atomic mass is 14.9. The SMILES string of the molecule is CC1(C)c2cc3ccccc3cc2-c2cccc(-c3ccc(-c4cc(-c5cccc(-c6cccc7ccccc67)c5)nc(-c5ccccc5)n4)c4ccccc34)c21. The molecule has 1 aliphatic rings. The van der Waals surface area contributed by atoms with Gasteiger partial charge >= 0.3 is 0 Å². The fraction of sp³-hybridized carbons (Fsp3) is 0.0545. The van der Waals surface area contributed by atoms with E-state index in [0.717, 1.165) is 33.6 Å². The minimum Gasteiger partial charge on any atom is -0.228 e. The van der Waals surface area contributed by atoms with Crippen molar-refractivity contribution in [3.63, 3.8) is 0 Å². The molecule has 1 aliphatic carbocycles. The Morgan fingerprint density at radius 3 is 1.68 bits per heavy atom. The van der Waals surface area contributed by atoms with Gasteiger partial charge in [0.1, 0.15) is 0 Å². The molecule has 0 unspecified atom stereocenters. The Balaban J connectivity index is 1.08. The Bertz CT molecular complexity index is 3210. The second kappa shape index (κ2) is 13.0. The third kappa shape index (κ3) is 5.40. The molecular weight excluding hydrogens is 689 g/mol. The van der Waals surface area contributed by atoms with Gasteiger partial charge in [0.2, 0.25) is 0 Å². The first-order chi connectivity index (χ1) is 28.0. The number of hydrogen-bond donors (Lipinski definition) is 0. The topological polar surface area (TPSA) is 25.8 Å². The number of fused-ring (bicyclic) bond motifs is 6. The average Bonchev–Trinajstić information content (AvgIpc) is 3.50. The maximum absolute atomic E-state index is 5.30. The van der Waals surface area contributed by atoms with Crippen molar-refractivity contribution in [1.82, 2.24) is 9.97 Å². The molecule has 268 valence electrons. The molecule has 0 saturated carbocycles. The third-order valence-corrected chi connectivity index (χ3v) is 12.0. The van der Waals surface area contributed by atoms with Crippen molar-refractivity contribution in [1.29, 1.82) is 0 Å². The summed E-state index contributed by atoms with van der Waals surface area (Å²) in [5.74, 6) is 0.708. The number of benzene rings is 9. The van der Waals surface area contributed by atoms with Crippen molar-refractivity contribution in [2.75, 3.05) is 0 Å². The van der Waals surface area contributed by atoms with E-state index in [1.54, 1.807) is 0 Å². The van der Waals surface area contributed by atoms with Crippen LogP contribution in [0.2, 0.25) is 0 Å². The molecular formula is C55H38N2. The summed E-state index contributed by atoms with van der Waals surface area (Å²) in [6, 6.07) is 70.1. The van der Waals surface area contributed by atoms with Gasteiger partial charge in [-0.3, -0.25) is 0 Å². The van der Waals surface area contributed by atoms with Crippen molar-refractivity contribution in [3.8, 4) is 67.3 Å². The molecule has 0 radical (unpaired) electrons. The largest absolute Gasteiger partial charge is 0.228 e. The van der Waals surface area contributed by atoms with E-state index < -0.39 is 0 Å². The van der Waals surface area contributed by atoms with Crippen LogP contribution in [0, 0.1) is 0 Å². The predicted octanol–water partition coefficient (Wildman–Crippen LogP) is 14.6. The summed E-state index contributed by atoms with van der Waals surface area (Å²) in [5, 5.41) is 7.40. The molecule has 0 saturated heterocycles. The van der Waals surface area contributed by atoms with Gasteiger partial charge in [-0.25, -0.2) is 9.97 Å². The van der Waals surface area contributed by atoms with E-state index in [-0.39, 0.29) is 5.41 Å². The van der Waals surface area contributed by atoms with Crippen molar-refractivity contribution < 1.29 is 0 Å². The van der Waals surface area contributed by atoms with E-state index in [2.05, 4.69) is 202 Å². The number of rotatable bonds is 5. The number of hydrogen-bond acceptors (Lipinski definition) is 2. The second-order valence-electron chi connectivity index (χ2n) is 15.7. The summed E-state index contributed by atoms with van der Waals surface area (Å²) in [7, 11) is 0. The van der Waals surface area contributed by atoms with E-state index in [0.29, 0.717) is 5.82 Å². The molecule has 2 nitrogen and oxygen atoms in total. The normalized spacial score (nSPS) is 12.9. The molecule has 1 aromatic heterocycles. The number of nitrogens with zero attached hydrogens (tertiary/aromatic N) is 2. The van der Waals surface area contributed by atoms with Gasteiger partial charge in [-0.05, 0) is 101 Å². The zero-order valence-electron chi connectivity index (χ0n) is 31.9. The van der Waals surface area contributed by atoms with Crippen LogP contribution >= 0.6 is 0 Å². The van der Waals surface area contributed by atoms with Crippen LogP contribution in [0.25, 0.3) is 99.6 Å². The van der Waals surface area contributed by atoms with Crippen LogP contribution in [0.3, 0.4) is 0 Å². The van der Waals surface area contributed by atoms with Gasteiger partial charge in [0, 0.05) is 22.1 Å². The van der Waals surface area contributed by atoms with Gasteiger partial charge in [-0.15, -0.1) is 0 Å². The molecule has 0 aliphatic heterocycles. The van der Waals surface area contributed by atoms with E-state index >= 15 is 0 Å². The van der Waals surface area contributed by atoms with Crippen LogP contribution in [0.1, 0.15) is 25.0 Å². The van der Waals surface area contributed by atoms with Crippen LogP contribution in [0.15, 0.2) is 194 Å². The Kier molecular flexibility index (Phi) is 7.55. The first-order valence-electron chi connectivity index (χ1n) is 19.7. The van der Waals surface area contributed by atoms with Crippen LogP contribution in [-0.2, 0) is 5.41 Å². The van der Waals surface area contributed by atoms with Gasteiger partial charge in [-0.2, -0.15) is 0 Å². The van der Waals surface area contributed by atoms with Crippen LogP contribution in [-0.4, -0.2) is 9.97 Å². The molecule has 0 amide bonds. The molecule has 11 rings (SSSR count). The molecule has 2 heteroatoms. The minimum absolute atomic E-state index is 0.169. The lowest BCUT2D eigenvalue weighted by Crippen LogP contribution is -2.16. The molecule has 0 fully saturated rings. The first-order valence-corrected chi connectivity index (χ1v) is 19.7. The van der Waals surface area contributed by atoms with Gasteiger partial charge in [0.25, 0.3) is 0 Å². The van der Waals surface area contributed by atoms with Gasteiger partial charge in [0.15, 0.2) is 5.82 Å². The van der Waals surface area contributed by atoms with Gasteiger partial charge in [0.05, 0.1) is 11.4 Å². The van der Waals surface area contributed by atoms with E-state index in [1.165, 1.54) is 71.3 Å². The molecule has 57 heavy (non-hydrogen) atoms. The van der Waals surface area contributed by atoms with E-state index in [4.69, 9.17) is 9.97 Å². The van der Waals surface area contributed by atoms with E-state index in [1.807, 2.05) is 6.07 Å². The lowest BCUT2D eigenvalue weighted by atomic mass is 9.78. The lowest BCUT2D eigenvalue weighted by Gasteiger charge is -2.25. The quantitative estimate of drug-likeness (QED) is 0.176. The van der Waals surface area contributed by atoms with Gasteiger partial charge in [-0.1, -0.05) is 184 Å². The smallest absolute Gasteiger partial charge is 0.160 e. The lowest BCUT2D eigenvalue weighted by molar-refractivity contribution is 0.663. The van der Waals surface area contributed by atoms with Crippen molar-refractivity contribution in [2.45, 2.75) is 19.3 Å². The maximum atomic E-state index is 5.30. The molecule has 0 bridgehead atoms. The summed E-state index contributed by atoms with van der Waals surface area (Å²) in [6.07, 6.45) is 0. The van der Waals surface area contributed by atoms with Crippen molar-refractivity contribution >= 4 is 32.3 Å². The number of aromatic nitrogens is 2. The highest BCUT2D eigenvalue weighted by molar-refractivity contribution is 6.07. The van der Waals surface area contributed by atoms with Crippen LogP contribution in [0.5, 0.6) is 0 Å². The zero-order chi connectivity index (χ0) is 38.1. The molecule has 0 N–H and O–H groups in total. The Morgan fingerprint density at radius 1 is 0.333 bits per heavy atom. The van der Waals surface area contributed by atoms with Crippen molar-refractivity contribution in [2.24, 2.45) is 0 Å². The Labute approximate surface area is 332 Å². The van der Waals surface area contributed by atoms with Crippen LogP contribution < -0.4 is 0 Å². The highest BCUT2D eigenvalue weighted by Gasteiger charge is 2.38. The summed E-state index contributed by atoms with van der Waals surface area (Å²) >= 11 is 0. The summed E-state index contributed by atoms with van der Waals surface area (Å²) in [4.78, 5) is 10.5. The standard InChI is InChI=1S/C55H38N2/c1-55(2)50-33-38-19-7-6-18-37(38)32-49(50)48-28-14-27-47(53(48)55)45-29-30-46(44-25-11-10-24-43(44)45)52-34-51(56-54(57-52)36-16-4-3-5-17-36)40-22-12-21-39(31-40)42-26-13-20-35-15-8-9-23-41(35)42/h3-34H,1-2H3. The molecule has 0 atom stereocenters. The third-order valence-electron chi connectivity index (χ3n) is 12.0. The Hall–Kier alpha value is -7.16. The van der Waals surface area contributed by atoms with E-state index in [9.17, 15) is 0 Å². The summed E-state index contributed by atoms with van der Waals surface area (Å²) < 4.78 is 0. The first kappa shape index (κ1) is 33.2. The fourth-order valence-corrected chi connectivity index (χ4v) is 9.32. The van der Waals surface area contributed by atoms with Crippen molar-refractivity contribution in [3.05, 3.63) is 205 Å². The average molecular weight is 727 g/mol. The molecule has 10 aromatic rings. The monoisotopic (exact) mass is 726 g/mol. The fourth-order valence-electron chi connectivity index (χ4n) is 9.32. The minimum atomic E-state index is -0.169. The summed E-state index contributed by atoms with van der Waals surface area (Å²) in [6.45, 7) is 4.77.